The molecule has 1 heteroatoms. The molecule has 2 aliphatic carbocycles. The summed E-state index contributed by atoms with van der Waals surface area (Å²) < 4.78 is 0. The molecule has 0 heterocycles. The average molecular weight is 226 g/mol. The van der Waals surface area contributed by atoms with Crippen molar-refractivity contribution in [1.82, 2.24) is 0 Å². The van der Waals surface area contributed by atoms with Gasteiger partial charge in [-0.15, -0.1) is 0 Å². The molecule has 2 rings (SSSR count). The second-order valence-corrected chi connectivity index (χ2v) is 11.5. The minimum atomic E-state index is 0.176. The zero-order valence-electron chi connectivity index (χ0n) is 11.3. The van der Waals surface area contributed by atoms with E-state index in [9.17, 15) is 0 Å². The van der Waals surface area contributed by atoms with Crippen molar-refractivity contribution in [3.63, 3.8) is 0 Å². The summed E-state index contributed by atoms with van der Waals surface area (Å²) in [4.78, 5) is 0. The van der Waals surface area contributed by atoms with E-state index in [4.69, 9.17) is 0 Å². The summed E-state index contributed by atoms with van der Waals surface area (Å²) in [6.45, 7) is 14.8. The molecule has 2 saturated carbocycles. The van der Waals surface area contributed by atoms with Gasteiger partial charge in [-0.1, -0.05) is 55.9 Å². The molecule has 2 fully saturated rings. The van der Waals surface area contributed by atoms with Crippen LogP contribution < -0.4 is 0 Å². The van der Waals surface area contributed by atoms with Crippen LogP contribution in [0.3, 0.4) is 0 Å². The maximum Gasteiger partial charge on any atom is -0.0137 e. The number of fused-ring (bicyclic) bond motifs is 1. The number of hydrogen-bond acceptors (Lipinski definition) is 0. The Morgan fingerprint density at radius 1 is 0.800 bits per heavy atom. The molecular weight excluding hydrogens is 199 g/mol. The Morgan fingerprint density at radius 3 is 1.53 bits per heavy atom. The van der Waals surface area contributed by atoms with Crippen molar-refractivity contribution in [3.8, 4) is 0 Å². The van der Waals surface area contributed by atoms with E-state index < -0.39 is 0 Å². The van der Waals surface area contributed by atoms with E-state index in [-0.39, 0.29) is 7.92 Å². The molecule has 0 bridgehead atoms. The fraction of sp³-hybridized carbons (Fsp3) is 1.00. The van der Waals surface area contributed by atoms with Gasteiger partial charge in [0.25, 0.3) is 0 Å². The van der Waals surface area contributed by atoms with Crippen molar-refractivity contribution < 1.29 is 0 Å². The minimum Gasteiger partial charge on any atom is -0.0919 e. The maximum absolute atomic E-state index is 2.47. The van der Waals surface area contributed by atoms with E-state index in [0.717, 1.165) is 17.5 Å². The fourth-order valence-corrected chi connectivity index (χ4v) is 9.28. The van der Waals surface area contributed by atoms with E-state index in [0.29, 0.717) is 10.3 Å². The summed E-state index contributed by atoms with van der Waals surface area (Å²) in [5, 5.41) is 1.09. The molecule has 0 aliphatic heterocycles. The Kier molecular flexibility index (Phi) is 2.74. The first-order chi connectivity index (χ1) is 6.73. The van der Waals surface area contributed by atoms with Crippen molar-refractivity contribution >= 4 is 7.92 Å². The molecule has 2 aliphatic rings. The van der Waals surface area contributed by atoms with E-state index in [1.807, 2.05) is 0 Å². The predicted molar refractivity (Wildman–Crippen MR) is 71.0 cm³/mol. The van der Waals surface area contributed by atoms with Gasteiger partial charge in [0.2, 0.25) is 0 Å². The first-order valence-electron chi connectivity index (χ1n) is 6.52. The lowest BCUT2D eigenvalue weighted by Gasteiger charge is -2.43. The van der Waals surface area contributed by atoms with Crippen LogP contribution in [0.5, 0.6) is 0 Å². The molecule has 0 saturated heterocycles. The Labute approximate surface area is 97.0 Å². The highest BCUT2D eigenvalue weighted by molar-refractivity contribution is 7.62. The molecule has 0 aromatic rings. The molecular formula is C14H27P. The van der Waals surface area contributed by atoms with Gasteiger partial charge in [-0.25, -0.2) is 0 Å². The van der Waals surface area contributed by atoms with Gasteiger partial charge in [0.1, 0.15) is 0 Å². The lowest BCUT2D eigenvalue weighted by Crippen LogP contribution is -2.28. The molecule has 0 aromatic carbocycles. The van der Waals surface area contributed by atoms with Crippen molar-refractivity contribution in [2.75, 3.05) is 0 Å². The highest BCUT2D eigenvalue weighted by Gasteiger charge is 2.59. The molecule has 0 N–H and O–H groups in total. The van der Waals surface area contributed by atoms with Crippen LogP contribution in [0.15, 0.2) is 0 Å². The second kappa shape index (κ2) is 3.46. The van der Waals surface area contributed by atoms with Gasteiger partial charge in [-0.2, -0.15) is 0 Å². The van der Waals surface area contributed by atoms with Gasteiger partial charge in [0, 0.05) is 0 Å². The lowest BCUT2D eigenvalue weighted by atomic mass is 10.2. The summed E-state index contributed by atoms with van der Waals surface area (Å²) in [6.07, 6.45) is 4.60. The summed E-state index contributed by atoms with van der Waals surface area (Å²) in [5.41, 5.74) is 1.12. The van der Waals surface area contributed by atoms with Gasteiger partial charge in [-0.05, 0) is 40.6 Å². The van der Waals surface area contributed by atoms with Gasteiger partial charge in [-0.3, -0.25) is 0 Å². The van der Waals surface area contributed by atoms with Crippen molar-refractivity contribution in [2.45, 2.75) is 76.8 Å². The molecule has 0 amide bonds. The highest BCUT2D eigenvalue weighted by atomic mass is 31.1. The van der Waals surface area contributed by atoms with E-state index in [2.05, 4.69) is 41.5 Å². The molecule has 3 atom stereocenters. The van der Waals surface area contributed by atoms with E-state index in [1.165, 1.54) is 6.42 Å². The standard InChI is InChI=1S/C14H27P/c1-13(2,3)15(14(4,5)6)12-10-8-7-9-11(10)12/h10-12H,7-9H2,1-6H3/t10-,11?,12?/m0/s1. The topological polar surface area (TPSA) is 0 Å². The largest absolute Gasteiger partial charge is 0.0919 e. The molecule has 0 spiro atoms. The van der Waals surface area contributed by atoms with Gasteiger partial charge < -0.3 is 0 Å². The van der Waals surface area contributed by atoms with Crippen LogP contribution in [0.4, 0.5) is 0 Å². The number of hydrogen-bond donors (Lipinski definition) is 0. The quantitative estimate of drug-likeness (QED) is 0.560. The van der Waals surface area contributed by atoms with Crippen LogP contribution in [0.25, 0.3) is 0 Å². The SMILES string of the molecule is CC(C)(C)P(C1C2CCC[C@@H]21)C(C)(C)C. The first kappa shape index (κ1) is 11.9. The summed E-state index contributed by atoms with van der Waals surface area (Å²) in [6, 6.07) is 0. The number of rotatable bonds is 1. The zero-order chi connectivity index (χ0) is 11.4. The summed E-state index contributed by atoms with van der Waals surface area (Å²) in [7, 11) is 0.176. The molecule has 0 radical (unpaired) electrons. The molecule has 0 aromatic heterocycles. The van der Waals surface area contributed by atoms with Crippen LogP contribution in [0, 0.1) is 11.8 Å². The zero-order valence-corrected chi connectivity index (χ0v) is 12.2. The normalized spacial score (nSPS) is 35.8. The van der Waals surface area contributed by atoms with Crippen LogP contribution in [-0.2, 0) is 0 Å². The van der Waals surface area contributed by atoms with Crippen LogP contribution in [0.1, 0.15) is 60.8 Å². The third kappa shape index (κ3) is 2.12. The Bertz CT molecular complexity index is 219. The van der Waals surface area contributed by atoms with Gasteiger partial charge in [0.05, 0.1) is 0 Å². The smallest absolute Gasteiger partial charge is 0.0137 e. The van der Waals surface area contributed by atoms with Crippen molar-refractivity contribution in [1.29, 1.82) is 0 Å². The lowest BCUT2D eigenvalue weighted by molar-refractivity contribution is 0.671. The average Bonchev–Trinajstić information content (AvgIpc) is 2.51. The third-order valence-electron chi connectivity index (χ3n) is 4.10. The Hall–Kier alpha value is 0.430. The van der Waals surface area contributed by atoms with Gasteiger partial charge >= 0.3 is 0 Å². The Balaban J connectivity index is 2.15. The maximum atomic E-state index is 2.47. The highest BCUT2D eigenvalue weighted by Crippen LogP contribution is 2.76. The fourth-order valence-electron chi connectivity index (χ4n) is 4.07. The summed E-state index contributed by atoms with van der Waals surface area (Å²) in [5.74, 6) is 2.27. The third-order valence-corrected chi connectivity index (χ3v) is 8.36. The summed E-state index contributed by atoms with van der Waals surface area (Å²) >= 11 is 0. The van der Waals surface area contributed by atoms with E-state index in [1.54, 1.807) is 12.8 Å². The predicted octanol–water partition coefficient (Wildman–Crippen LogP) is 4.86. The molecule has 88 valence electrons. The molecule has 2 unspecified atom stereocenters. The van der Waals surface area contributed by atoms with Crippen LogP contribution in [-0.4, -0.2) is 16.0 Å². The van der Waals surface area contributed by atoms with Crippen molar-refractivity contribution in [2.24, 2.45) is 11.8 Å². The van der Waals surface area contributed by atoms with E-state index >= 15 is 0 Å². The molecule has 0 nitrogen and oxygen atoms in total. The Morgan fingerprint density at radius 2 is 1.20 bits per heavy atom. The molecule has 15 heavy (non-hydrogen) atoms. The minimum absolute atomic E-state index is 0.176. The van der Waals surface area contributed by atoms with Gasteiger partial charge in [0.15, 0.2) is 0 Å². The first-order valence-corrected chi connectivity index (χ1v) is 7.93. The van der Waals surface area contributed by atoms with Crippen LogP contribution in [0.2, 0.25) is 0 Å². The monoisotopic (exact) mass is 226 g/mol. The second-order valence-electron chi connectivity index (χ2n) is 7.46. The van der Waals surface area contributed by atoms with Crippen molar-refractivity contribution in [3.05, 3.63) is 0 Å². The van der Waals surface area contributed by atoms with Crippen LogP contribution >= 0.6 is 7.92 Å².